The Kier molecular flexibility index (Phi) is 7.14. The highest BCUT2D eigenvalue weighted by Crippen LogP contribution is 2.37. The minimum Gasteiger partial charge on any atom is -0.426 e. The molecule has 2 heteroatoms. The van der Waals surface area contributed by atoms with Gasteiger partial charge in [0.25, 0.3) is 0 Å². The molecular weight excluding hydrogens is 284 g/mol. The van der Waals surface area contributed by atoms with Crippen LogP contribution in [0, 0.1) is 17.8 Å². The highest BCUT2D eigenvalue weighted by Gasteiger charge is 2.33. The third-order valence-corrected chi connectivity index (χ3v) is 5.35. The van der Waals surface area contributed by atoms with E-state index in [0.717, 1.165) is 18.8 Å². The van der Waals surface area contributed by atoms with Crippen LogP contribution < -0.4 is 4.74 Å². The van der Waals surface area contributed by atoms with E-state index in [1.54, 1.807) is 0 Å². The standard InChI is InChI=1S/C21H32O2/c1-4-6-7-8-18-11-14-20(16(3)15-18)21(22)23-19-12-9-17(5-2)10-13-19/h9-10,12-13,16,18,20H,4-8,11,14-15H2,1-3H3/t16-,18+,20-/m1/s1. The third kappa shape index (κ3) is 5.37. The van der Waals surface area contributed by atoms with Gasteiger partial charge in [-0.15, -0.1) is 0 Å². The van der Waals surface area contributed by atoms with Crippen LogP contribution in [-0.2, 0) is 11.2 Å². The van der Waals surface area contributed by atoms with Gasteiger partial charge in [-0.1, -0.05) is 58.6 Å². The monoisotopic (exact) mass is 316 g/mol. The second kappa shape index (κ2) is 9.10. The minimum absolute atomic E-state index is 0.0336. The first-order valence-corrected chi connectivity index (χ1v) is 9.44. The predicted octanol–water partition coefficient (Wildman–Crippen LogP) is 5.79. The van der Waals surface area contributed by atoms with E-state index in [0.29, 0.717) is 11.7 Å². The summed E-state index contributed by atoms with van der Waals surface area (Å²) in [6.45, 7) is 6.60. The Morgan fingerprint density at radius 1 is 1.13 bits per heavy atom. The lowest BCUT2D eigenvalue weighted by atomic mass is 9.73. The van der Waals surface area contributed by atoms with E-state index in [2.05, 4.69) is 20.8 Å². The Bertz CT molecular complexity index is 477. The second-order valence-electron chi connectivity index (χ2n) is 7.18. The van der Waals surface area contributed by atoms with Crippen molar-refractivity contribution in [1.82, 2.24) is 0 Å². The van der Waals surface area contributed by atoms with Gasteiger partial charge in [0, 0.05) is 0 Å². The van der Waals surface area contributed by atoms with Crippen LogP contribution in [0.25, 0.3) is 0 Å². The van der Waals surface area contributed by atoms with E-state index in [1.807, 2.05) is 24.3 Å². The number of carbonyl (C=O) groups is 1. The molecule has 23 heavy (non-hydrogen) atoms. The summed E-state index contributed by atoms with van der Waals surface area (Å²) in [6, 6.07) is 7.91. The zero-order chi connectivity index (χ0) is 16.7. The Morgan fingerprint density at radius 2 is 1.87 bits per heavy atom. The average Bonchev–Trinajstić information content (AvgIpc) is 2.56. The summed E-state index contributed by atoms with van der Waals surface area (Å²) in [7, 11) is 0. The normalized spacial score (nSPS) is 24.4. The molecule has 0 aromatic heterocycles. The van der Waals surface area contributed by atoms with E-state index >= 15 is 0 Å². The minimum atomic E-state index is -0.0336. The molecule has 2 nitrogen and oxygen atoms in total. The number of carbonyl (C=O) groups excluding carboxylic acids is 1. The predicted molar refractivity (Wildman–Crippen MR) is 95.6 cm³/mol. The Labute approximate surface area is 141 Å². The molecule has 0 aliphatic heterocycles. The van der Waals surface area contributed by atoms with Gasteiger partial charge in [0.1, 0.15) is 5.75 Å². The molecule has 3 atom stereocenters. The van der Waals surface area contributed by atoms with Crippen molar-refractivity contribution >= 4 is 5.97 Å². The zero-order valence-corrected chi connectivity index (χ0v) is 15.0. The largest absolute Gasteiger partial charge is 0.426 e. The average molecular weight is 316 g/mol. The Morgan fingerprint density at radius 3 is 2.48 bits per heavy atom. The lowest BCUT2D eigenvalue weighted by Gasteiger charge is -2.32. The molecule has 0 amide bonds. The van der Waals surface area contributed by atoms with Gasteiger partial charge in [0.05, 0.1) is 5.92 Å². The van der Waals surface area contributed by atoms with E-state index < -0.39 is 0 Å². The molecule has 1 aliphatic rings. The molecule has 0 N–H and O–H groups in total. The number of benzene rings is 1. The molecule has 0 heterocycles. The maximum Gasteiger partial charge on any atom is 0.314 e. The van der Waals surface area contributed by atoms with Crippen LogP contribution >= 0.6 is 0 Å². The number of hydrogen-bond acceptors (Lipinski definition) is 2. The van der Waals surface area contributed by atoms with Crippen molar-refractivity contribution in [2.45, 2.75) is 72.1 Å². The molecule has 0 bridgehead atoms. The maximum absolute atomic E-state index is 12.5. The molecule has 0 unspecified atom stereocenters. The van der Waals surface area contributed by atoms with Crippen molar-refractivity contribution in [3.05, 3.63) is 29.8 Å². The number of ether oxygens (including phenoxy) is 1. The van der Waals surface area contributed by atoms with Crippen molar-refractivity contribution < 1.29 is 9.53 Å². The summed E-state index contributed by atoms with van der Waals surface area (Å²) in [5.41, 5.74) is 1.27. The first-order chi connectivity index (χ1) is 11.1. The summed E-state index contributed by atoms with van der Waals surface area (Å²) in [5, 5.41) is 0. The fourth-order valence-corrected chi connectivity index (χ4v) is 3.79. The number of hydrogen-bond donors (Lipinski definition) is 0. The smallest absolute Gasteiger partial charge is 0.314 e. The lowest BCUT2D eigenvalue weighted by molar-refractivity contribution is -0.142. The summed E-state index contributed by atoms with van der Waals surface area (Å²) in [4.78, 5) is 12.5. The van der Waals surface area contributed by atoms with E-state index in [1.165, 1.54) is 44.1 Å². The number of unbranched alkanes of at least 4 members (excludes halogenated alkanes) is 2. The van der Waals surface area contributed by atoms with Crippen molar-refractivity contribution in [2.75, 3.05) is 0 Å². The van der Waals surface area contributed by atoms with Crippen molar-refractivity contribution in [3.63, 3.8) is 0 Å². The molecule has 1 aromatic carbocycles. The van der Waals surface area contributed by atoms with Crippen LogP contribution in [0.15, 0.2) is 24.3 Å². The number of aryl methyl sites for hydroxylation is 1. The molecule has 0 radical (unpaired) electrons. The molecular formula is C21H32O2. The summed E-state index contributed by atoms with van der Waals surface area (Å²) in [6.07, 6.45) is 9.65. The fourth-order valence-electron chi connectivity index (χ4n) is 3.79. The van der Waals surface area contributed by atoms with Crippen LogP contribution in [0.2, 0.25) is 0 Å². The van der Waals surface area contributed by atoms with Crippen LogP contribution in [0.1, 0.15) is 71.3 Å². The topological polar surface area (TPSA) is 26.3 Å². The van der Waals surface area contributed by atoms with Gasteiger partial charge in [0.2, 0.25) is 0 Å². The van der Waals surface area contributed by atoms with Crippen LogP contribution in [0.5, 0.6) is 5.75 Å². The van der Waals surface area contributed by atoms with Crippen molar-refractivity contribution in [2.24, 2.45) is 17.8 Å². The van der Waals surface area contributed by atoms with E-state index in [4.69, 9.17) is 4.74 Å². The van der Waals surface area contributed by atoms with Gasteiger partial charge in [-0.05, 0) is 55.2 Å². The summed E-state index contributed by atoms with van der Waals surface area (Å²) in [5.74, 6) is 1.98. The molecule has 0 spiro atoms. The molecule has 128 valence electrons. The first kappa shape index (κ1) is 18.0. The zero-order valence-electron chi connectivity index (χ0n) is 15.0. The van der Waals surface area contributed by atoms with Gasteiger partial charge in [0.15, 0.2) is 0 Å². The lowest BCUT2D eigenvalue weighted by Crippen LogP contribution is -2.32. The van der Waals surface area contributed by atoms with Gasteiger partial charge in [-0.3, -0.25) is 4.79 Å². The first-order valence-electron chi connectivity index (χ1n) is 9.44. The molecule has 1 fully saturated rings. The SMILES string of the molecule is CCCCC[C@H]1CC[C@@H](C(=O)Oc2ccc(CC)cc2)[C@H](C)C1. The number of esters is 1. The quantitative estimate of drug-likeness (QED) is 0.362. The van der Waals surface area contributed by atoms with Gasteiger partial charge >= 0.3 is 5.97 Å². The molecule has 0 saturated heterocycles. The highest BCUT2D eigenvalue weighted by molar-refractivity contribution is 5.75. The van der Waals surface area contributed by atoms with E-state index in [9.17, 15) is 4.79 Å². The molecule has 1 aromatic rings. The maximum atomic E-state index is 12.5. The fraction of sp³-hybridized carbons (Fsp3) is 0.667. The number of rotatable bonds is 7. The van der Waals surface area contributed by atoms with Crippen LogP contribution in [-0.4, -0.2) is 5.97 Å². The van der Waals surface area contributed by atoms with Crippen molar-refractivity contribution in [1.29, 1.82) is 0 Å². The summed E-state index contributed by atoms with van der Waals surface area (Å²) < 4.78 is 5.62. The van der Waals surface area contributed by atoms with Gasteiger partial charge in [-0.2, -0.15) is 0 Å². The summed E-state index contributed by atoms with van der Waals surface area (Å²) >= 11 is 0. The highest BCUT2D eigenvalue weighted by atomic mass is 16.5. The molecule has 1 aliphatic carbocycles. The van der Waals surface area contributed by atoms with Gasteiger partial charge < -0.3 is 4.74 Å². The van der Waals surface area contributed by atoms with Crippen LogP contribution in [0.4, 0.5) is 0 Å². The van der Waals surface area contributed by atoms with E-state index in [-0.39, 0.29) is 11.9 Å². The third-order valence-electron chi connectivity index (χ3n) is 5.35. The Balaban J connectivity index is 1.83. The molecule has 1 saturated carbocycles. The van der Waals surface area contributed by atoms with Gasteiger partial charge in [-0.25, -0.2) is 0 Å². The van der Waals surface area contributed by atoms with Crippen LogP contribution in [0.3, 0.4) is 0 Å². The van der Waals surface area contributed by atoms with Crippen molar-refractivity contribution in [3.8, 4) is 5.75 Å². The Hall–Kier alpha value is -1.31. The molecule has 2 rings (SSSR count). The second-order valence-corrected chi connectivity index (χ2v) is 7.18.